The fraction of sp³-hybridized carbons (Fsp3) is 0.441. The van der Waals surface area contributed by atoms with Gasteiger partial charge in [0.05, 0.1) is 36.8 Å². The predicted octanol–water partition coefficient (Wildman–Crippen LogP) is 3.59. The second-order valence-corrected chi connectivity index (χ2v) is 14.2. The maximum Gasteiger partial charge on any atom is 0.407 e. The Balaban J connectivity index is 1.91. The maximum atomic E-state index is 13.7. The summed E-state index contributed by atoms with van der Waals surface area (Å²) in [6.45, 7) is 5.51. The Labute approximate surface area is 295 Å². The third kappa shape index (κ3) is 12.7. The number of benzene rings is 2. The van der Waals surface area contributed by atoms with Gasteiger partial charge < -0.3 is 30.5 Å². The molecule has 0 radical (unpaired) electrons. The van der Waals surface area contributed by atoms with Crippen molar-refractivity contribution in [3.05, 3.63) is 77.4 Å². The van der Waals surface area contributed by atoms with Gasteiger partial charge in [-0.15, -0.1) is 11.3 Å². The molecule has 0 aliphatic rings. The van der Waals surface area contributed by atoms with Gasteiger partial charge in [-0.25, -0.2) is 14.6 Å². The summed E-state index contributed by atoms with van der Waals surface area (Å²) >= 11 is 2.89. The summed E-state index contributed by atoms with van der Waals surface area (Å²) < 4.78 is 9.46. The van der Waals surface area contributed by atoms with Gasteiger partial charge in [-0.05, 0) is 34.8 Å². The third-order valence-electron chi connectivity index (χ3n) is 7.51. The molecule has 5 N–H and O–H groups in total. The molecular formula is C34H46N6O7S2. The summed E-state index contributed by atoms with van der Waals surface area (Å²) in [7, 11) is 2.43. The molecule has 13 nitrogen and oxygen atoms in total. The number of aliphatic hydroxyl groups is 1. The molecular weight excluding hydrogens is 669 g/mol. The van der Waals surface area contributed by atoms with Crippen LogP contribution in [0.1, 0.15) is 31.9 Å². The number of hydrogen-bond acceptors (Lipinski definition) is 11. The molecule has 4 amide bonds. The lowest BCUT2D eigenvalue weighted by Crippen LogP contribution is -2.60. The molecule has 2 aromatic carbocycles. The van der Waals surface area contributed by atoms with Gasteiger partial charge in [-0.2, -0.15) is 11.8 Å². The molecule has 1 heterocycles. The van der Waals surface area contributed by atoms with Crippen LogP contribution in [0.25, 0.3) is 10.4 Å². The molecule has 266 valence electrons. The van der Waals surface area contributed by atoms with Crippen LogP contribution in [0.2, 0.25) is 0 Å². The Morgan fingerprint density at radius 3 is 2.14 bits per heavy atom. The molecule has 0 aliphatic heterocycles. The van der Waals surface area contributed by atoms with Gasteiger partial charge in [0.2, 0.25) is 5.91 Å². The first-order valence-electron chi connectivity index (χ1n) is 15.6. The standard InChI is InChI=1S/C34H46N6O7S2/c1-34(2,3)29(38-33(45)47-5)31(43)36-25(16-22-10-8-7-9-11-22)27(41)19-40(39-30(42)26(20-48-6)37-32(44)46-4)18-23-12-14-24(15-13-23)28-17-35-21-49-28/h7-15,17,21,25-27,29,41H,16,18-20H2,1-6H3,(H,36,43)(H,37,44)(H,38,45)(H,39,42)/t25-,26-,27-,29+/m0/s1. The van der Waals surface area contributed by atoms with Crippen molar-refractivity contribution in [3.63, 3.8) is 0 Å². The average molecular weight is 715 g/mol. The van der Waals surface area contributed by atoms with E-state index in [1.54, 1.807) is 37.5 Å². The molecule has 3 aromatic rings. The highest BCUT2D eigenvalue weighted by atomic mass is 32.2. The van der Waals surface area contributed by atoms with Gasteiger partial charge in [-0.3, -0.25) is 20.0 Å². The molecule has 0 spiro atoms. The second-order valence-electron chi connectivity index (χ2n) is 12.4. The molecule has 0 unspecified atom stereocenters. The molecule has 0 saturated heterocycles. The normalized spacial score (nSPS) is 13.8. The molecule has 3 rings (SSSR count). The number of hydrazine groups is 1. The Hall–Kier alpha value is -4.18. The van der Waals surface area contributed by atoms with Crippen LogP contribution in [0.3, 0.4) is 0 Å². The number of rotatable bonds is 16. The molecule has 1 aromatic heterocycles. The fourth-order valence-corrected chi connectivity index (χ4v) is 6.11. The van der Waals surface area contributed by atoms with Gasteiger partial charge in [0.15, 0.2) is 0 Å². The van der Waals surface area contributed by atoms with Crippen LogP contribution < -0.4 is 21.4 Å². The van der Waals surface area contributed by atoms with Crippen LogP contribution in [0, 0.1) is 5.41 Å². The molecule has 0 aliphatic carbocycles. The van der Waals surface area contributed by atoms with Gasteiger partial charge in [0.1, 0.15) is 12.1 Å². The number of methoxy groups -OCH3 is 2. The summed E-state index contributed by atoms with van der Waals surface area (Å²) in [4.78, 5) is 56.5. The predicted molar refractivity (Wildman–Crippen MR) is 191 cm³/mol. The minimum absolute atomic E-state index is 0.102. The number of hydrogen-bond donors (Lipinski definition) is 5. The van der Waals surface area contributed by atoms with E-state index in [9.17, 15) is 24.3 Å². The van der Waals surface area contributed by atoms with Crippen molar-refractivity contribution in [2.45, 2.75) is 58.0 Å². The Morgan fingerprint density at radius 1 is 0.918 bits per heavy atom. The number of carbonyl (C=O) groups excluding carboxylic acids is 4. The minimum Gasteiger partial charge on any atom is -0.453 e. The summed E-state index contributed by atoms with van der Waals surface area (Å²) in [6, 6.07) is 14.4. The molecule has 0 bridgehead atoms. The summed E-state index contributed by atoms with van der Waals surface area (Å²) in [5.74, 6) is -0.740. The minimum atomic E-state index is -1.20. The van der Waals surface area contributed by atoms with Crippen molar-refractivity contribution in [2.24, 2.45) is 5.41 Å². The monoisotopic (exact) mass is 714 g/mol. The summed E-state index contributed by atoms with van der Waals surface area (Å²) in [5, 5.41) is 21.4. The van der Waals surface area contributed by atoms with Crippen LogP contribution in [-0.2, 0) is 32.0 Å². The van der Waals surface area contributed by atoms with Crippen LogP contribution in [0.15, 0.2) is 66.3 Å². The van der Waals surface area contributed by atoms with E-state index in [0.717, 1.165) is 21.6 Å². The van der Waals surface area contributed by atoms with Crippen molar-refractivity contribution in [3.8, 4) is 10.4 Å². The van der Waals surface area contributed by atoms with Gasteiger partial charge in [-0.1, -0.05) is 75.4 Å². The summed E-state index contributed by atoms with van der Waals surface area (Å²) in [6.07, 6.45) is 1.14. The van der Waals surface area contributed by atoms with E-state index < -0.39 is 53.6 Å². The smallest absolute Gasteiger partial charge is 0.407 e. The second kappa shape index (κ2) is 19.1. The van der Waals surface area contributed by atoms with E-state index in [1.807, 2.05) is 60.9 Å². The molecule has 4 atom stereocenters. The van der Waals surface area contributed by atoms with E-state index in [0.29, 0.717) is 0 Å². The van der Waals surface area contributed by atoms with E-state index in [4.69, 9.17) is 9.47 Å². The Morgan fingerprint density at radius 2 is 1.57 bits per heavy atom. The van der Waals surface area contributed by atoms with Crippen molar-refractivity contribution >= 4 is 47.1 Å². The SMILES string of the molecule is COC(=O)N[C@@H](CSC)C(=O)NN(Cc1ccc(-c2cncs2)cc1)C[C@H](O)[C@H](Cc1ccccc1)NC(=O)[C@@H](NC(=O)OC)C(C)(C)C. The number of carbonyl (C=O) groups is 4. The van der Waals surface area contributed by atoms with Crippen LogP contribution in [0.5, 0.6) is 0 Å². The van der Waals surface area contributed by atoms with Gasteiger partial charge >= 0.3 is 12.2 Å². The number of ether oxygens (including phenoxy) is 2. The molecule has 15 heteroatoms. The molecule has 49 heavy (non-hydrogen) atoms. The zero-order valence-corrected chi connectivity index (χ0v) is 30.2. The van der Waals surface area contributed by atoms with E-state index in [2.05, 4.69) is 26.4 Å². The first-order valence-corrected chi connectivity index (χ1v) is 17.9. The number of nitrogens with zero attached hydrogens (tertiary/aromatic N) is 2. The highest BCUT2D eigenvalue weighted by Crippen LogP contribution is 2.24. The number of aliphatic hydroxyl groups excluding tert-OH is 1. The number of thioether (sulfide) groups is 1. The lowest BCUT2D eigenvalue weighted by molar-refractivity contribution is -0.130. The number of nitrogens with one attached hydrogen (secondary N) is 4. The van der Waals surface area contributed by atoms with Crippen LogP contribution >= 0.6 is 23.1 Å². The van der Waals surface area contributed by atoms with E-state index >= 15 is 0 Å². The summed E-state index contributed by atoms with van der Waals surface area (Å²) in [5.41, 5.74) is 6.61. The zero-order chi connectivity index (χ0) is 36.0. The highest BCUT2D eigenvalue weighted by molar-refractivity contribution is 7.98. The molecule has 0 saturated carbocycles. The largest absolute Gasteiger partial charge is 0.453 e. The number of aromatic nitrogens is 1. The molecule has 0 fully saturated rings. The quantitative estimate of drug-likeness (QED) is 0.138. The first-order chi connectivity index (χ1) is 23.3. The highest BCUT2D eigenvalue weighted by Gasteiger charge is 2.36. The van der Waals surface area contributed by atoms with Crippen molar-refractivity contribution in [1.82, 2.24) is 31.4 Å². The van der Waals surface area contributed by atoms with Crippen molar-refractivity contribution in [1.29, 1.82) is 0 Å². The number of amides is 4. The Bertz CT molecular complexity index is 1490. The Kier molecular flexibility index (Phi) is 15.3. The van der Waals surface area contributed by atoms with E-state index in [1.165, 1.54) is 37.3 Å². The van der Waals surface area contributed by atoms with Gasteiger partial charge in [0, 0.05) is 25.0 Å². The third-order valence-corrected chi connectivity index (χ3v) is 9.00. The lowest BCUT2D eigenvalue weighted by atomic mass is 9.85. The number of thiazole rings is 1. The average Bonchev–Trinajstić information content (AvgIpc) is 3.62. The fourth-order valence-electron chi connectivity index (χ4n) is 4.91. The van der Waals surface area contributed by atoms with Crippen molar-refractivity contribution in [2.75, 3.05) is 32.8 Å². The van der Waals surface area contributed by atoms with Crippen LogP contribution in [0.4, 0.5) is 9.59 Å². The van der Waals surface area contributed by atoms with E-state index in [-0.39, 0.29) is 25.3 Å². The topological polar surface area (TPSA) is 171 Å². The zero-order valence-electron chi connectivity index (χ0n) is 28.6. The van der Waals surface area contributed by atoms with Crippen LogP contribution in [-0.4, -0.2) is 96.1 Å². The van der Waals surface area contributed by atoms with Crippen molar-refractivity contribution < 1.29 is 33.8 Å². The maximum absolute atomic E-state index is 13.7. The lowest BCUT2D eigenvalue weighted by Gasteiger charge is -2.34. The number of alkyl carbamates (subject to hydrolysis) is 2. The van der Waals surface area contributed by atoms with Gasteiger partial charge in [0.25, 0.3) is 5.91 Å². The first kappa shape index (κ1) is 39.3.